The average Bonchev–Trinajstić information content (AvgIpc) is 2.94. The first-order chi connectivity index (χ1) is 17.6. The highest BCUT2D eigenvalue weighted by atomic mass is 16.5. The fourth-order valence-corrected chi connectivity index (χ4v) is 3.76. The van der Waals surface area contributed by atoms with Crippen molar-refractivity contribution in [3.8, 4) is 11.5 Å². The lowest BCUT2D eigenvalue weighted by atomic mass is 10.0. The highest BCUT2D eigenvalue weighted by Gasteiger charge is 2.16. The van der Waals surface area contributed by atoms with E-state index in [0.29, 0.717) is 24.4 Å². The van der Waals surface area contributed by atoms with Gasteiger partial charge in [-0.3, -0.25) is 4.79 Å². The number of hydrogen-bond donors (Lipinski definition) is 2. The molecule has 0 radical (unpaired) electrons. The number of methoxy groups -OCH3 is 1. The molecule has 0 saturated heterocycles. The van der Waals surface area contributed by atoms with Gasteiger partial charge in [0.1, 0.15) is 18.1 Å². The summed E-state index contributed by atoms with van der Waals surface area (Å²) >= 11 is 0. The highest BCUT2D eigenvalue weighted by Crippen LogP contribution is 2.24. The predicted octanol–water partition coefficient (Wildman–Crippen LogP) is 5.25. The van der Waals surface area contributed by atoms with Crippen LogP contribution in [0.25, 0.3) is 22.6 Å². The molecule has 4 aromatic rings. The van der Waals surface area contributed by atoms with Gasteiger partial charge in [0.25, 0.3) is 5.91 Å². The second kappa shape index (κ2) is 12.0. The Kier molecular flexibility index (Phi) is 8.32. The van der Waals surface area contributed by atoms with Crippen LogP contribution in [-0.2, 0) is 11.4 Å². The molecule has 1 heterocycles. The summed E-state index contributed by atoms with van der Waals surface area (Å²) in [7, 11) is 1.61. The number of pyridine rings is 1. The van der Waals surface area contributed by atoms with Crippen molar-refractivity contribution in [3.63, 3.8) is 0 Å². The molecule has 184 valence electrons. The Morgan fingerprint density at radius 3 is 2.39 bits per heavy atom. The third-order valence-electron chi connectivity index (χ3n) is 5.93. The van der Waals surface area contributed by atoms with Crippen LogP contribution < -0.4 is 14.8 Å². The van der Waals surface area contributed by atoms with Crippen molar-refractivity contribution in [1.82, 2.24) is 10.3 Å². The molecule has 0 fully saturated rings. The first-order valence-electron chi connectivity index (χ1n) is 11.9. The zero-order valence-corrected chi connectivity index (χ0v) is 20.5. The Morgan fingerprint density at radius 2 is 1.69 bits per heavy atom. The monoisotopic (exact) mass is 482 g/mol. The number of aliphatic hydroxyl groups is 1. The summed E-state index contributed by atoms with van der Waals surface area (Å²) in [5, 5.41) is 13.6. The molecular weight excluding hydrogens is 452 g/mol. The van der Waals surface area contributed by atoms with Gasteiger partial charge in [-0.2, -0.15) is 0 Å². The normalized spacial score (nSPS) is 12.2. The molecule has 0 spiro atoms. The van der Waals surface area contributed by atoms with Crippen LogP contribution in [0, 0.1) is 0 Å². The molecule has 1 amide bonds. The third-order valence-corrected chi connectivity index (χ3v) is 5.93. The number of amides is 1. The van der Waals surface area contributed by atoms with Gasteiger partial charge in [0.05, 0.1) is 31.0 Å². The van der Waals surface area contributed by atoms with E-state index in [1.165, 1.54) is 0 Å². The number of carbonyl (C=O) groups excluding carboxylic acids is 1. The quantitative estimate of drug-likeness (QED) is 0.238. The van der Waals surface area contributed by atoms with E-state index in [2.05, 4.69) is 10.3 Å². The van der Waals surface area contributed by atoms with Crippen molar-refractivity contribution in [1.29, 1.82) is 0 Å². The summed E-state index contributed by atoms with van der Waals surface area (Å²) in [6.07, 6.45) is 2.46. The number of ether oxygens (including phenoxy) is 2. The Labute approximate surface area is 211 Å². The van der Waals surface area contributed by atoms with E-state index in [0.717, 1.165) is 33.5 Å². The zero-order chi connectivity index (χ0) is 25.3. The molecular formula is C30H30N2O4. The Bertz CT molecular complexity index is 1330. The van der Waals surface area contributed by atoms with Crippen LogP contribution >= 0.6 is 0 Å². The number of aliphatic hydroxyl groups excluding tert-OH is 1. The molecule has 2 N–H and O–H groups in total. The van der Waals surface area contributed by atoms with Crippen LogP contribution in [0.5, 0.6) is 11.5 Å². The van der Waals surface area contributed by atoms with Crippen molar-refractivity contribution >= 4 is 28.5 Å². The largest absolute Gasteiger partial charge is 0.497 e. The van der Waals surface area contributed by atoms with E-state index in [1.807, 2.05) is 97.9 Å². The average molecular weight is 483 g/mol. The third kappa shape index (κ3) is 6.29. The van der Waals surface area contributed by atoms with Gasteiger partial charge >= 0.3 is 0 Å². The molecule has 0 bridgehead atoms. The minimum Gasteiger partial charge on any atom is -0.497 e. The standard InChI is InChI=1S/C30H30N2O4/c1-3-24(19-33)32-30(34)28(18-21-8-14-26(35-2)15-9-21)22-11-16-27(17-12-22)36-20-25-13-10-23-6-4-5-7-29(23)31-25/h4-18,24,33H,3,19-20H2,1-2H3,(H,32,34)/b28-18+. The number of carbonyl (C=O) groups is 1. The number of aromatic nitrogens is 1. The fraction of sp³-hybridized carbons (Fsp3) is 0.200. The van der Waals surface area contributed by atoms with Crippen LogP contribution in [0.1, 0.15) is 30.2 Å². The number of nitrogens with one attached hydrogen (secondary N) is 1. The molecule has 36 heavy (non-hydrogen) atoms. The smallest absolute Gasteiger partial charge is 0.252 e. The van der Waals surface area contributed by atoms with Crippen molar-refractivity contribution in [2.75, 3.05) is 13.7 Å². The van der Waals surface area contributed by atoms with Gasteiger partial charge in [0, 0.05) is 11.0 Å². The zero-order valence-electron chi connectivity index (χ0n) is 20.5. The lowest BCUT2D eigenvalue weighted by molar-refractivity contribution is -0.116. The van der Waals surface area contributed by atoms with Gasteiger partial charge in [-0.15, -0.1) is 0 Å². The SMILES string of the molecule is CCC(CO)NC(=O)/C(=C/c1ccc(OC)cc1)c1ccc(OCc2ccc3ccccc3n2)cc1. The molecule has 0 saturated carbocycles. The summed E-state index contributed by atoms with van der Waals surface area (Å²) in [5.74, 6) is 1.17. The van der Waals surface area contributed by atoms with E-state index >= 15 is 0 Å². The number of hydrogen-bond acceptors (Lipinski definition) is 5. The summed E-state index contributed by atoms with van der Waals surface area (Å²) in [5.41, 5.74) is 3.87. The van der Waals surface area contributed by atoms with Gasteiger partial charge < -0.3 is 19.9 Å². The molecule has 6 heteroatoms. The Morgan fingerprint density at radius 1 is 0.972 bits per heavy atom. The van der Waals surface area contributed by atoms with Crippen LogP contribution in [-0.4, -0.2) is 35.8 Å². The lowest BCUT2D eigenvalue weighted by Crippen LogP contribution is -2.37. The number of rotatable bonds is 10. The maximum atomic E-state index is 13.1. The molecule has 4 rings (SSSR count). The van der Waals surface area contributed by atoms with Crippen molar-refractivity contribution in [2.45, 2.75) is 26.0 Å². The first-order valence-corrected chi connectivity index (χ1v) is 11.9. The fourth-order valence-electron chi connectivity index (χ4n) is 3.76. The van der Waals surface area contributed by atoms with Gasteiger partial charge in [-0.1, -0.05) is 55.5 Å². The minimum atomic E-state index is -0.311. The maximum Gasteiger partial charge on any atom is 0.252 e. The minimum absolute atomic E-state index is 0.117. The number of benzene rings is 3. The number of para-hydroxylation sites is 1. The Balaban J connectivity index is 1.53. The first kappa shape index (κ1) is 24.9. The lowest BCUT2D eigenvalue weighted by Gasteiger charge is -2.16. The summed E-state index contributed by atoms with van der Waals surface area (Å²) in [4.78, 5) is 17.8. The van der Waals surface area contributed by atoms with Crippen molar-refractivity contribution in [3.05, 3.63) is 102 Å². The summed E-state index contributed by atoms with van der Waals surface area (Å²) in [6.45, 7) is 2.14. The van der Waals surface area contributed by atoms with Gasteiger partial charge in [0.15, 0.2) is 0 Å². The van der Waals surface area contributed by atoms with E-state index in [4.69, 9.17) is 9.47 Å². The second-order valence-electron chi connectivity index (χ2n) is 8.40. The summed E-state index contributed by atoms with van der Waals surface area (Å²) in [6, 6.07) is 26.5. The molecule has 3 aromatic carbocycles. The number of fused-ring (bicyclic) bond motifs is 1. The summed E-state index contributed by atoms with van der Waals surface area (Å²) < 4.78 is 11.2. The van der Waals surface area contributed by atoms with Crippen molar-refractivity contribution < 1.29 is 19.4 Å². The maximum absolute atomic E-state index is 13.1. The molecule has 1 unspecified atom stereocenters. The Hall–Kier alpha value is -4.16. The van der Waals surface area contributed by atoms with Gasteiger partial charge in [-0.05, 0) is 60.0 Å². The van der Waals surface area contributed by atoms with Crippen LogP contribution in [0.3, 0.4) is 0 Å². The molecule has 0 aliphatic rings. The molecule has 0 aliphatic carbocycles. The molecule has 6 nitrogen and oxygen atoms in total. The van der Waals surface area contributed by atoms with Crippen LogP contribution in [0.4, 0.5) is 0 Å². The predicted molar refractivity (Wildman–Crippen MR) is 143 cm³/mol. The van der Waals surface area contributed by atoms with E-state index in [1.54, 1.807) is 7.11 Å². The highest BCUT2D eigenvalue weighted by molar-refractivity contribution is 6.24. The number of nitrogens with zero attached hydrogens (tertiary/aromatic N) is 1. The van der Waals surface area contributed by atoms with E-state index in [9.17, 15) is 9.90 Å². The van der Waals surface area contributed by atoms with E-state index in [-0.39, 0.29) is 18.6 Å². The topological polar surface area (TPSA) is 80.7 Å². The van der Waals surface area contributed by atoms with Crippen LogP contribution in [0.15, 0.2) is 84.9 Å². The molecule has 1 atom stereocenters. The second-order valence-corrected chi connectivity index (χ2v) is 8.40. The van der Waals surface area contributed by atoms with Crippen LogP contribution in [0.2, 0.25) is 0 Å². The molecule has 0 aliphatic heterocycles. The van der Waals surface area contributed by atoms with Gasteiger partial charge in [0.2, 0.25) is 0 Å². The van der Waals surface area contributed by atoms with Crippen molar-refractivity contribution in [2.24, 2.45) is 0 Å². The molecule has 1 aromatic heterocycles. The van der Waals surface area contributed by atoms with Gasteiger partial charge in [-0.25, -0.2) is 4.98 Å². The van der Waals surface area contributed by atoms with E-state index < -0.39 is 0 Å².